The molecule has 0 unspecified atom stereocenters. The quantitative estimate of drug-likeness (QED) is 0.931. The van der Waals surface area contributed by atoms with Crippen molar-refractivity contribution in [1.82, 2.24) is 4.98 Å². The summed E-state index contributed by atoms with van der Waals surface area (Å²) in [5.74, 6) is -0.0645. The molecular weight excluding hydrogens is 301 g/mol. The third-order valence-corrected chi connectivity index (χ3v) is 3.63. The maximum Gasteiger partial charge on any atom is 0.250 e. The lowest BCUT2D eigenvalue weighted by Gasteiger charge is -2.28. The standard InChI is InChI=1S/C16H18FN3O3/c1-22-10-15(21)18-12-8-11-2-3-14(19-16(11)13(17)9-12)20-4-6-23-7-5-20/h2-3,8-9H,4-7,10H2,1H3,(H,18,21). The summed E-state index contributed by atoms with van der Waals surface area (Å²) in [5, 5.41) is 3.23. The molecule has 0 atom stereocenters. The van der Waals surface area contributed by atoms with E-state index in [1.165, 1.54) is 13.2 Å². The van der Waals surface area contributed by atoms with Crippen molar-refractivity contribution < 1.29 is 18.7 Å². The van der Waals surface area contributed by atoms with Crippen LogP contribution in [0.25, 0.3) is 10.9 Å². The molecule has 1 aliphatic rings. The number of anilines is 2. The van der Waals surface area contributed by atoms with Gasteiger partial charge < -0.3 is 19.7 Å². The highest BCUT2D eigenvalue weighted by Gasteiger charge is 2.14. The van der Waals surface area contributed by atoms with Gasteiger partial charge in [-0.1, -0.05) is 0 Å². The smallest absolute Gasteiger partial charge is 0.250 e. The first-order chi connectivity index (χ1) is 11.2. The number of hydrogen-bond acceptors (Lipinski definition) is 5. The average molecular weight is 319 g/mol. The van der Waals surface area contributed by atoms with Crippen LogP contribution < -0.4 is 10.2 Å². The van der Waals surface area contributed by atoms with Gasteiger partial charge in [0.25, 0.3) is 0 Å². The lowest BCUT2D eigenvalue weighted by atomic mass is 10.2. The van der Waals surface area contributed by atoms with E-state index in [1.54, 1.807) is 6.07 Å². The second-order valence-corrected chi connectivity index (χ2v) is 5.28. The number of methoxy groups -OCH3 is 1. The van der Waals surface area contributed by atoms with Crippen LogP contribution >= 0.6 is 0 Å². The zero-order valence-corrected chi connectivity index (χ0v) is 12.8. The van der Waals surface area contributed by atoms with Crippen molar-refractivity contribution in [2.45, 2.75) is 0 Å². The maximum atomic E-state index is 14.3. The molecule has 0 radical (unpaired) electrons. The van der Waals surface area contributed by atoms with Gasteiger partial charge in [-0.3, -0.25) is 4.79 Å². The van der Waals surface area contributed by atoms with Gasteiger partial charge in [-0.25, -0.2) is 9.37 Å². The highest BCUT2D eigenvalue weighted by Crippen LogP contribution is 2.25. The molecule has 0 aliphatic carbocycles. The van der Waals surface area contributed by atoms with Crippen LogP contribution in [0, 0.1) is 5.82 Å². The van der Waals surface area contributed by atoms with Crippen molar-refractivity contribution in [2.24, 2.45) is 0 Å². The molecule has 3 rings (SSSR count). The molecule has 122 valence electrons. The number of amides is 1. The minimum absolute atomic E-state index is 0.0755. The van der Waals surface area contributed by atoms with Gasteiger partial charge in [0.05, 0.1) is 13.2 Å². The lowest BCUT2D eigenvalue weighted by molar-refractivity contribution is -0.119. The van der Waals surface area contributed by atoms with Crippen LogP contribution in [0.3, 0.4) is 0 Å². The van der Waals surface area contributed by atoms with Gasteiger partial charge in [-0.2, -0.15) is 0 Å². The Hall–Kier alpha value is -2.25. The number of pyridine rings is 1. The zero-order valence-electron chi connectivity index (χ0n) is 12.8. The van der Waals surface area contributed by atoms with E-state index in [1.807, 2.05) is 12.1 Å². The lowest BCUT2D eigenvalue weighted by Crippen LogP contribution is -2.36. The molecule has 6 nitrogen and oxygen atoms in total. The first-order valence-electron chi connectivity index (χ1n) is 7.39. The summed E-state index contributed by atoms with van der Waals surface area (Å²) in [6, 6.07) is 6.63. The Morgan fingerprint density at radius 3 is 2.91 bits per heavy atom. The number of hydrogen-bond donors (Lipinski definition) is 1. The Morgan fingerprint density at radius 1 is 1.39 bits per heavy atom. The molecule has 2 heterocycles. The molecule has 1 aromatic carbocycles. The van der Waals surface area contributed by atoms with Gasteiger partial charge in [-0.05, 0) is 24.3 Å². The van der Waals surface area contributed by atoms with Crippen LogP contribution in [0.1, 0.15) is 0 Å². The van der Waals surface area contributed by atoms with Crippen LogP contribution in [-0.4, -0.2) is 50.9 Å². The van der Waals surface area contributed by atoms with Gasteiger partial charge in [0.2, 0.25) is 5.91 Å². The number of nitrogens with one attached hydrogen (secondary N) is 1. The number of ether oxygens (including phenoxy) is 2. The van der Waals surface area contributed by atoms with E-state index in [0.29, 0.717) is 29.8 Å². The second-order valence-electron chi connectivity index (χ2n) is 5.28. The third kappa shape index (κ3) is 3.57. The van der Waals surface area contributed by atoms with Gasteiger partial charge in [-0.15, -0.1) is 0 Å². The number of nitrogens with zero attached hydrogens (tertiary/aromatic N) is 2. The fourth-order valence-corrected chi connectivity index (χ4v) is 2.55. The number of aromatic nitrogens is 1. The first-order valence-corrected chi connectivity index (χ1v) is 7.39. The minimum Gasteiger partial charge on any atom is -0.378 e. The Bertz CT molecular complexity index is 717. The Balaban J connectivity index is 1.88. The minimum atomic E-state index is -0.467. The molecule has 0 bridgehead atoms. The van der Waals surface area contributed by atoms with Gasteiger partial charge in [0.15, 0.2) is 5.82 Å². The van der Waals surface area contributed by atoms with Crippen molar-refractivity contribution in [2.75, 3.05) is 50.2 Å². The van der Waals surface area contributed by atoms with E-state index in [4.69, 9.17) is 9.47 Å². The Labute approximate surface area is 133 Å². The van der Waals surface area contributed by atoms with Crippen molar-refractivity contribution >= 4 is 28.3 Å². The summed E-state index contributed by atoms with van der Waals surface area (Å²) in [6.07, 6.45) is 0. The summed E-state index contributed by atoms with van der Waals surface area (Å²) in [5.41, 5.74) is 0.678. The topological polar surface area (TPSA) is 63.7 Å². The maximum absolute atomic E-state index is 14.3. The molecule has 1 aliphatic heterocycles. The molecule has 0 saturated carbocycles. The van der Waals surface area contributed by atoms with Crippen molar-refractivity contribution in [1.29, 1.82) is 0 Å². The molecule has 7 heteroatoms. The van der Waals surface area contributed by atoms with Gasteiger partial charge in [0.1, 0.15) is 17.9 Å². The molecular formula is C16H18FN3O3. The number of carbonyl (C=O) groups is 1. The number of carbonyl (C=O) groups excluding carboxylic acids is 1. The van der Waals surface area contributed by atoms with Crippen LogP contribution in [-0.2, 0) is 14.3 Å². The van der Waals surface area contributed by atoms with Crippen LogP contribution in [0.5, 0.6) is 0 Å². The highest BCUT2D eigenvalue weighted by molar-refractivity contribution is 5.94. The third-order valence-electron chi connectivity index (χ3n) is 3.63. The van der Waals surface area contributed by atoms with E-state index < -0.39 is 5.82 Å². The monoisotopic (exact) mass is 319 g/mol. The van der Waals surface area contributed by atoms with Crippen molar-refractivity contribution in [3.63, 3.8) is 0 Å². The van der Waals surface area contributed by atoms with Crippen molar-refractivity contribution in [3.8, 4) is 0 Å². The summed E-state index contributed by atoms with van der Waals surface area (Å²) in [6.45, 7) is 2.70. The fraction of sp³-hybridized carbons (Fsp3) is 0.375. The number of benzene rings is 1. The number of morpholine rings is 1. The predicted molar refractivity (Wildman–Crippen MR) is 85.2 cm³/mol. The van der Waals surface area contributed by atoms with Crippen molar-refractivity contribution in [3.05, 3.63) is 30.1 Å². The largest absolute Gasteiger partial charge is 0.378 e. The number of halogens is 1. The average Bonchev–Trinajstić information content (AvgIpc) is 2.55. The van der Waals surface area contributed by atoms with Crippen LogP contribution in [0.2, 0.25) is 0 Å². The zero-order chi connectivity index (χ0) is 16.2. The van der Waals surface area contributed by atoms with E-state index >= 15 is 0 Å². The summed E-state index contributed by atoms with van der Waals surface area (Å²) >= 11 is 0. The Morgan fingerprint density at radius 2 is 2.17 bits per heavy atom. The Kier molecular flexibility index (Phi) is 4.68. The van der Waals surface area contributed by atoms with Crippen LogP contribution in [0.15, 0.2) is 24.3 Å². The van der Waals surface area contributed by atoms with Gasteiger partial charge >= 0.3 is 0 Å². The summed E-state index contributed by atoms with van der Waals surface area (Å²) in [7, 11) is 1.43. The molecule has 23 heavy (non-hydrogen) atoms. The normalized spacial score (nSPS) is 15.0. The summed E-state index contributed by atoms with van der Waals surface area (Å²) < 4.78 is 24.4. The molecule has 1 N–H and O–H groups in total. The number of rotatable bonds is 4. The molecule has 1 aromatic heterocycles. The van der Waals surface area contributed by atoms with Gasteiger partial charge in [0, 0.05) is 31.3 Å². The van der Waals surface area contributed by atoms with E-state index in [0.717, 1.165) is 18.9 Å². The summed E-state index contributed by atoms with van der Waals surface area (Å²) in [4.78, 5) is 18.0. The predicted octanol–water partition coefficient (Wildman–Crippen LogP) is 1.80. The molecule has 1 amide bonds. The number of fused-ring (bicyclic) bond motifs is 1. The molecule has 1 fully saturated rings. The van der Waals surface area contributed by atoms with E-state index in [-0.39, 0.29) is 12.5 Å². The highest BCUT2D eigenvalue weighted by atomic mass is 19.1. The van der Waals surface area contributed by atoms with Crippen LogP contribution in [0.4, 0.5) is 15.9 Å². The molecule has 0 spiro atoms. The molecule has 1 saturated heterocycles. The van der Waals surface area contributed by atoms with E-state index in [9.17, 15) is 9.18 Å². The second kappa shape index (κ2) is 6.89. The van der Waals surface area contributed by atoms with E-state index in [2.05, 4.69) is 15.2 Å². The molecule has 2 aromatic rings. The SMILES string of the molecule is COCC(=O)Nc1cc(F)c2nc(N3CCOCC3)ccc2c1. The fourth-order valence-electron chi connectivity index (χ4n) is 2.55. The first kappa shape index (κ1) is 15.6.